The SMILES string of the molecule is CCNC(=NCc1cccc(CN2CCOC(C)C2)c1)NCCOC. The van der Waals surface area contributed by atoms with Crippen LogP contribution < -0.4 is 10.6 Å². The highest BCUT2D eigenvalue weighted by Gasteiger charge is 2.16. The Bertz CT molecular complexity index is 536. The number of aliphatic imine (C=N–C) groups is 1. The zero-order valence-corrected chi connectivity index (χ0v) is 15.8. The highest BCUT2D eigenvalue weighted by atomic mass is 16.5. The number of benzene rings is 1. The van der Waals surface area contributed by atoms with Gasteiger partial charge in [0.15, 0.2) is 5.96 Å². The van der Waals surface area contributed by atoms with Crippen LogP contribution >= 0.6 is 0 Å². The van der Waals surface area contributed by atoms with Crippen LogP contribution in [0.2, 0.25) is 0 Å². The molecule has 0 aliphatic carbocycles. The molecular formula is C19H32N4O2. The van der Waals surface area contributed by atoms with Crippen LogP contribution in [0.5, 0.6) is 0 Å². The Kier molecular flexibility index (Phi) is 8.72. The van der Waals surface area contributed by atoms with E-state index in [-0.39, 0.29) is 0 Å². The van der Waals surface area contributed by atoms with Crippen molar-refractivity contribution in [2.75, 3.05) is 46.5 Å². The van der Waals surface area contributed by atoms with Crippen LogP contribution in [0.1, 0.15) is 25.0 Å². The van der Waals surface area contributed by atoms with Crippen molar-refractivity contribution in [3.8, 4) is 0 Å². The molecule has 0 radical (unpaired) electrons. The van der Waals surface area contributed by atoms with Gasteiger partial charge >= 0.3 is 0 Å². The lowest BCUT2D eigenvalue weighted by Gasteiger charge is -2.31. The lowest BCUT2D eigenvalue weighted by molar-refractivity contribution is -0.0212. The van der Waals surface area contributed by atoms with Gasteiger partial charge in [-0.2, -0.15) is 0 Å². The maximum Gasteiger partial charge on any atom is 0.191 e. The summed E-state index contributed by atoms with van der Waals surface area (Å²) in [4.78, 5) is 7.11. The average Bonchev–Trinajstić information content (AvgIpc) is 2.60. The van der Waals surface area contributed by atoms with E-state index in [0.717, 1.165) is 45.3 Å². The van der Waals surface area contributed by atoms with Crippen molar-refractivity contribution < 1.29 is 9.47 Å². The van der Waals surface area contributed by atoms with Gasteiger partial charge in [-0.3, -0.25) is 4.90 Å². The van der Waals surface area contributed by atoms with Crippen molar-refractivity contribution >= 4 is 5.96 Å². The molecule has 1 aliphatic rings. The van der Waals surface area contributed by atoms with E-state index >= 15 is 0 Å². The number of ether oxygens (including phenoxy) is 2. The zero-order valence-electron chi connectivity index (χ0n) is 15.8. The summed E-state index contributed by atoms with van der Waals surface area (Å²) >= 11 is 0. The maximum absolute atomic E-state index is 5.62. The second-order valence-electron chi connectivity index (χ2n) is 6.35. The fourth-order valence-electron chi connectivity index (χ4n) is 2.90. The molecule has 1 aliphatic heterocycles. The number of rotatable bonds is 8. The van der Waals surface area contributed by atoms with Crippen molar-refractivity contribution in [2.24, 2.45) is 4.99 Å². The minimum atomic E-state index is 0.322. The van der Waals surface area contributed by atoms with E-state index in [1.165, 1.54) is 11.1 Å². The highest BCUT2D eigenvalue weighted by Crippen LogP contribution is 2.12. The molecule has 2 rings (SSSR count). The van der Waals surface area contributed by atoms with Gasteiger partial charge in [-0.05, 0) is 25.0 Å². The molecule has 1 atom stereocenters. The summed E-state index contributed by atoms with van der Waals surface area (Å²) in [5.41, 5.74) is 2.56. The van der Waals surface area contributed by atoms with Gasteiger partial charge in [-0.1, -0.05) is 24.3 Å². The van der Waals surface area contributed by atoms with Gasteiger partial charge in [0, 0.05) is 39.8 Å². The topological polar surface area (TPSA) is 58.1 Å². The van der Waals surface area contributed by atoms with Crippen LogP contribution in [0.15, 0.2) is 29.3 Å². The average molecular weight is 348 g/mol. The minimum absolute atomic E-state index is 0.322. The number of nitrogens with zero attached hydrogens (tertiary/aromatic N) is 2. The first-order valence-corrected chi connectivity index (χ1v) is 9.14. The third kappa shape index (κ3) is 7.42. The summed E-state index contributed by atoms with van der Waals surface area (Å²) in [7, 11) is 1.70. The molecule has 0 spiro atoms. The van der Waals surface area contributed by atoms with Gasteiger partial charge in [-0.25, -0.2) is 4.99 Å². The smallest absolute Gasteiger partial charge is 0.191 e. The Hall–Kier alpha value is -1.63. The molecule has 0 saturated carbocycles. The third-order valence-electron chi connectivity index (χ3n) is 4.09. The van der Waals surface area contributed by atoms with Gasteiger partial charge in [0.2, 0.25) is 0 Å². The van der Waals surface area contributed by atoms with Gasteiger partial charge < -0.3 is 20.1 Å². The molecule has 1 heterocycles. The molecule has 1 aromatic rings. The summed E-state index contributed by atoms with van der Waals surface area (Å²) in [6, 6.07) is 8.70. The van der Waals surface area contributed by atoms with E-state index < -0.39 is 0 Å². The monoisotopic (exact) mass is 348 g/mol. The predicted octanol–water partition coefficient (Wildman–Crippen LogP) is 1.61. The third-order valence-corrected chi connectivity index (χ3v) is 4.09. The summed E-state index contributed by atoms with van der Waals surface area (Å²) in [6.45, 7) is 10.9. The van der Waals surface area contributed by atoms with E-state index in [4.69, 9.17) is 9.47 Å². The molecule has 6 nitrogen and oxygen atoms in total. The lowest BCUT2D eigenvalue weighted by atomic mass is 10.1. The van der Waals surface area contributed by atoms with Crippen molar-refractivity contribution in [3.63, 3.8) is 0 Å². The summed E-state index contributed by atoms with van der Waals surface area (Å²) in [5.74, 6) is 0.826. The van der Waals surface area contributed by atoms with Crippen LogP contribution in [-0.2, 0) is 22.6 Å². The van der Waals surface area contributed by atoms with E-state index in [0.29, 0.717) is 19.3 Å². The zero-order chi connectivity index (χ0) is 17.9. The Morgan fingerprint density at radius 2 is 2.20 bits per heavy atom. The van der Waals surface area contributed by atoms with Crippen LogP contribution in [0.3, 0.4) is 0 Å². The normalized spacial score (nSPS) is 19.0. The van der Waals surface area contributed by atoms with Gasteiger partial charge in [0.1, 0.15) is 0 Å². The van der Waals surface area contributed by atoms with Crippen LogP contribution in [0, 0.1) is 0 Å². The highest BCUT2D eigenvalue weighted by molar-refractivity contribution is 5.79. The van der Waals surface area contributed by atoms with Crippen LogP contribution in [-0.4, -0.2) is 63.5 Å². The maximum atomic E-state index is 5.62. The van der Waals surface area contributed by atoms with E-state index in [1.807, 2.05) is 0 Å². The standard InChI is InChI=1S/C19H32N4O2/c1-4-20-19(21-8-10-24-3)22-13-17-6-5-7-18(12-17)15-23-9-11-25-16(2)14-23/h5-7,12,16H,4,8-11,13-15H2,1-3H3,(H2,20,21,22). The van der Waals surface area contributed by atoms with Crippen LogP contribution in [0.4, 0.5) is 0 Å². The van der Waals surface area contributed by atoms with Crippen molar-refractivity contribution in [1.29, 1.82) is 0 Å². The number of hydrogen-bond donors (Lipinski definition) is 2. The first-order chi connectivity index (χ1) is 12.2. The first-order valence-electron chi connectivity index (χ1n) is 9.14. The van der Waals surface area contributed by atoms with Crippen molar-refractivity contribution in [3.05, 3.63) is 35.4 Å². The molecule has 1 fully saturated rings. The fourth-order valence-corrected chi connectivity index (χ4v) is 2.90. The van der Waals surface area contributed by atoms with Crippen molar-refractivity contribution in [1.82, 2.24) is 15.5 Å². The molecule has 0 amide bonds. The molecule has 0 bridgehead atoms. The Morgan fingerprint density at radius 3 is 2.96 bits per heavy atom. The van der Waals surface area contributed by atoms with Gasteiger partial charge in [0.05, 0.1) is 25.9 Å². The predicted molar refractivity (Wildman–Crippen MR) is 102 cm³/mol. The van der Waals surface area contributed by atoms with E-state index in [2.05, 4.69) is 58.6 Å². The number of hydrogen-bond acceptors (Lipinski definition) is 4. The number of guanidine groups is 1. The van der Waals surface area contributed by atoms with E-state index in [1.54, 1.807) is 7.11 Å². The minimum Gasteiger partial charge on any atom is -0.383 e. The molecule has 6 heteroatoms. The lowest BCUT2D eigenvalue weighted by Crippen LogP contribution is -2.40. The molecule has 1 saturated heterocycles. The summed E-state index contributed by atoms with van der Waals surface area (Å²) in [5, 5.41) is 6.53. The number of methoxy groups -OCH3 is 1. The summed E-state index contributed by atoms with van der Waals surface area (Å²) < 4.78 is 10.7. The summed E-state index contributed by atoms with van der Waals surface area (Å²) in [6.07, 6.45) is 0.322. The van der Waals surface area contributed by atoms with Crippen LogP contribution in [0.25, 0.3) is 0 Å². The number of nitrogens with one attached hydrogen (secondary N) is 2. The Balaban J connectivity index is 1.91. The largest absolute Gasteiger partial charge is 0.383 e. The van der Waals surface area contributed by atoms with Gasteiger partial charge in [0.25, 0.3) is 0 Å². The first kappa shape index (κ1) is 19.7. The molecular weight excluding hydrogens is 316 g/mol. The molecule has 140 valence electrons. The fraction of sp³-hybridized carbons (Fsp3) is 0.632. The molecule has 25 heavy (non-hydrogen) atoms. The second kappa shape index (κ2) is 11.1. The Morgan fingerprint density at radius 1 is 1.36 bits per heavy atom. The number of morpholine rings is 1. The van der Waals surface area contributed by atoms with E-state index in [9.17, 15) is 0 Å². The molecule has 0 aromatic heterocycles. The quantitative estimate of drug-likeness (QED) is 0.425. The van der Waals surface area contributed by atoms with Crippen molar-refractivity contribution in [2.45, 2.75) is 33.0 Å². The molecule has 1 aromatic carbocycles. The van der Waals surface area contributed by atoms with Gasteiger partial charge in [-0.15, -0.1) is 0 Å². The molecule has 2 N–H and O–H groups in total. The molecule has 1 unspecified atom stereocenters. The Labute approximate surface area is 151 Å². The second-order valence-corrected chi connectivity index (χ2v) is 6.35.